The second kappa shape index (κ2) is 6.45. The van der Waals surface area contributed by atoms with Crippen LogP contribution in [0.1, 0.15) is 23.3 Å². The van der Waals surface area contributed by atoms with Crippen molar-refractivity contribution in [1.29, 1.82) is 0 Å². The van der Waals surface area contributed by atoms with Gasteiger partial charge in [0.1, 0.15) is 11.6 Å². The maximum atomic E-state index is 13.9. The van der Waals surface area contributed by atoms with Gasteiger partial charge in [-0.25, -0.2) is 8.78 Å². The summed E-state index contributed by atoms with van der Waals surface area (Å²) in [7, 11) is 0. The molecule has 0 fully saturated rings. The largest absolute Gasteiger partial charge is 0.417 e. The molecule has 1 unspecified atom stereocenters. The molecule has 25 heavy (non-hydrogen) atoms. The van der Waals surface area contributed by atoms with Crippen molar-refractivity contribution in [3.63, 3.8) is 0 Å². The highest BCUT2D eigenvalue weighted by molar-refractivity contribution is 7.99. The second-order valence-corrected chi connectivity index (χ2v) is 6.89. The van der Waals surface area contributed by atoms with Gasteiger partial charge in [0.15, 0.2) is 10.8 Å². The Hall–Kier alpha value is -1.87. The van der Waals surface area contributed by atoms with Crippen molar-refractivity contribution in [2.75, 3.05) is 0 Å². The first kappa shape index (κ1) is 17.9. The summed E-state index contributed by atoms with van der Waals surface area (Å²) in [6.07, 6.45) is -3.75. The van der Waals surface area contributed by atoms with Crippen LogP contribution in [0.2, 0.25) is 5.02 Å². The zero-order valence-corrected chi connectivity index (χ0v) is 14.1. The molecule has 0 saturated carbocycles. The van der Waals surface area contributed by atoms with Gasteiger partial charge in [0.05, 0.1) is 10.6 Å². The molecule has 3 aromatic rings. The summed E-state index contributed by atoms with van der Waals surface area (Å²) in [5.74, 6) is -1.46. The average molecular weight is 394 g/mol. The van der Waals surface area contributed by atoms with E-state index in [1.807, 2.05) is 0 Å². The first-order valence-corrected chi connectivity index (χ1v) is 8.15. The van der Waals surface area contributed by atoms with Crippen molar-refractivity contribution in [1.82, 2.24) is 14.6 Å². The third-order valence-electron chi connectivity index (χ3n) is 3.44. The van der Waals surface area contributed by atoms with Gasteiger partial charge in [-0.05, 0) is 19.1 Å². The molecule has 0 radical (unpaired) electrons. The summed E-state index contributed by atoms with van der Waals surface area (Å²) in [6.45, 7) is 1.62. The van der Waals surface area contributed by atoms with E-state index in [1.54, 1.807) is 6.92 Å². The summed E-state index contributed by atoms with van der Waals surface area (Å²) in [5.41, 5.74) is -0.697. The summed E-state index contributed by atoms with van der Waals surface area (Å²) < 4.78 is 66.8. The molecule has 1 aromatic carbocycles. The van der Waals surface area contributed by atoms with Crippen molar-refractivity contribution in [3.8, 4) is 0 Å². The lowest BCUT2D eigenvalue weighted by Gasteiger charge is -2.12. The smallest absolute Gasteiger partial charge is 0.276 e. The fourth-order valence-corrected chi connectivity index (χ4v) is 3.44. The molecule has 132 valence electrons. The molecule has 3 nitrogen and oxygen atoms in total. The summed E-state index contributed by atoms with van der Waals surface area (Å²) in [5, 5.41) is 6.95. The van der Waals surface area contributed by atoms with Gasteiger partial charge in [0, 0.05) is 23.1 Å². The summed E-state index contributed by atoms with van der Waals surface area (Å²) in [6, 6.07) is 3.89. The van der Waals surface area contributed by atoms with Crippen LogP contribution in [0.25, 0.3) is 5.65 Å². The van der Waals surface area contributed by atoms with Gasteiger partial charge in [-0.3, -0.25) is 4.40 Å². The summed E-state index contributed by atoms with van der Waals surface area (Å²) in [4.78, 5) is 0. The van der Waals surface area contributed by atoms with Gasteiger partial charge < -0.3 is 0 Å². The predicted molar refractivity (Wildman–Crippen MR) is 83.6 cm³/mol. The number of rotatable bonds is 3. The lowest BCUT2D eigenvalue weighted by atomic mass is 10.1. The predicted octanol–water partition coefficient (Wildman–Crippen LogP) is 5.53. The number of nitrogens with zero attached hydrogens (tertiary/aromatic N) is 3. The van der Waals surface area contributed by atoms with Crippen molar-refractivity contribution in [2.45, 2.75) is 23.5 Å². The number of hydrogen-bond donors (Lipinski definition) is 0. The highest BCUT2D eigenvalue weighted by atomic mass is 35.5. The molecule has 0 spiro atoms. The standard InChI is InChI=1S/C15H9ClF5N3S/c1-7(10-3-2-9(17)5-12(10)18)25-14-23-22-13-11(16)4-8(6-24(13)14)15(19,20)21/h2-7H,1H3. The minimum atomic E-state index is -4.58. The Morgan fingerprint density at radius 2 is 1.88 bits per heavy atom. The number of thioether (sulfide) groups is 1. The fraction of sp³-hybridized carbons (Fsp3) is 0.200. The van der Waals surface area contributed by atoms with E-state index in [2.05, 4.69) is 10.2 Å². The Balaban J connectivity index is 2.00. The Kier molecular flexibility index (Phi) is 4.63. The minimum absolute atomic E-state index is 0.0592. The number of benzene rings is 1. The number of aromatic nitrogens is 3. The van der Waals surface area contributed by atoms with Crippen LogP contribution < -0.4 is 0 Å². The van der Waals surface area contributed by atoms with Gasteiger partial charge in [0.25, 0.3) is 0 Å². The van der Waals surface area contributed by atoms with Crippen LogP contribution in [-0.2, 0) is 6.18 Å². The molecular formula is C15H9ClF5N3S. The van der Waals surface area contributed by atoms with E-state index in [0.717, 1.165) is 40.6 Å². The van der Waals surface area contributed by atoms with E-state index in [-0.39, 0.29) is 21.4 Å². The third-order valence-corrected chi connectivity index (χ3v) is 4.81. The van der Waals surface area contributed by atoms with E-state index in [9.17, 15) is 22.0 Å². The Bertz CT molecular complexity index is 941. The first-order chi connectivity index (χ1) is 11.7. The zero-order valence-electron chi connectivity index (χ0n) is 12.5. The van der Waals surface area contributed by atoms with Crippen LogP contribution in [0, 0.1) is 11.6 Å². The maximum absolute atomic E-state index is 13.9. The van der Waals surface area contributed by atoms with Crippen LogP contribution in [0.15, 0.2) is 35.6 Å². The van der Waals surface area contributed by atoms with E-state index < -0.39 is 28.6 Å². The number of hydrogen-bond acceptors (Lipinski definition) is 3. The normalized spacial score (nSPS) is 13.4. The Labute approximate surface area is 147 Å². The topological polar surface area (TPSA) is 30.2 Å². The second-order valence-electron chi connectivity index (χ2n) is 5.18. The van der Waals surface area contributed by atoms with Crippen LogP contribution in [-0.4, -0.2) is 14.6 Å². The first-order valence-electron chi connectivity index (χ1n) is 6.90. The number of halogens is 6. The SMILES string of the molecule is CC(Sc1nnc2c(Cl)cc(C(F)(F)F)cn12)c1ccc(F)cc1F. The average Bonchev–Trinajstić information content (AvgIpc) is 2.90. The monoisotopic (exact) mass is 393 g/mol. The highest BCUT2D eigenvalue weighted by Gasteiger charge is 2.32. The lowest BCUT2D eigenvalue weighted by Crippen LogP contribution is -2.07. The maximum Gasteiger partial charge on any atom is 0.417 e. The van der Waals surface area contributed by atoms with Crippen molar-refractivity contribution >= 4 is 29.0 Å². The van der Waals surface area contributed by atoms with Crippen molar-refractivity contribution < 1.29 is 22.0 Å². The molecular weight excluding hydrogens is 385 g/mol. The molecule has 0 aliphatic rings. The molecule has 3 rings (SSSR count). The molecule has 10 heteroatoms. The summed E-state index contributed by atoms with van der Waals surface area (Å²) >= 11 is 6.83. The molecule has 0 aliphatic heterocycles. The lowest BCUT2D eigenvalue weighted by molar-refractivity contribution is -0.137. The van der Waals surface area contributed by atoms with Crippen molar-refractivity contribution in [3.05, 3.63) is 58.2 Å². The van der Waals surface area contributed by atoms with E-state index in [4.69, 9.17) is 11.6 Å². The van der Waals surface area contributed by atoms with E-state index in [1.165, 1.54) is 6.07 Å². The molecule has 0 bridgehead atoms. The minimum Gasteiger partial charge on any atom is -0.276 e. The van der Waals surface area contributed by atoms with Gasteiger partial charge >= 0.3 is 6.18 Å². The zero-order chi connectivity index (χ0) is 18.4. The van der Waals surface area contributed by atoms with E-state index >= 15 is 0 Å². The molecule has 0 aliphatic carbocycles. The molecule has 2 heterocycles. The van der Waals surface area contributed by atoms with Gasteiger partial charge in [-0.15, -0.1) is 10.2 Å². The third kappa shape index (κ3) is 3.57. The Morgan fingerprint density at radius 3 is 2.52 bits per heavy atom. The molecule has 0 amide bonds. The van der Waals surface area contributed by atoms with Crippen LogP contribution in [0.5, 0.6) is 0 Å². The van der Waals surface area contributed by atoms with Gasteiger partial charge in [0.2, 0.25) is 0 Å². The van der Waals surface area contributed by atoms with Crippen molar-refractivity contribution in [2.24, 2.45) is 0 Å². The fourth-order valence-electron chi connectivity index (χ4n) is 2.22. The van der Waals surface area contributed by atoms with Gasteiger partial charge in [-0.2, -0.15) is 13.2 Å². The quantitative estimate of drug-likeness (QED) is 0.433. The molecule has 0 N–H and O–H groups in total. The highest BCUT2D eigenvalue weighted by Crippen LogP contribution is 2.37. The number of pyridine rings is 1. The van der Waals surface area contributed by atoms with Gasteiger partial charge in [-0.1, -0.05) is 29.4 Å². The van der Waals surface area contributed by atoms with Crippen LogP contribution in [0.3, 0.4) is 0 Å². The van der Waals surface area contributed by atoms with Crippen LogP contribution >= 0.6 is 23.4 Å². The number of fused-ring (bicyclic) bond motifs is 1. The number of alkyl halides is 3. The molecule has 0 saturated heterocycles. The van der Waals surface area contributed by atoms with Crippen LogP contribution in [0.4, 0.5) is 22.0 Å². The molecule has 2 aromatic heterocycles. The molecule has 1 atom stereocenters. The van der Waals surface area contributed by atoms with E-state index in [0.29, 0.717) is 0 Å². The Morgan fingerprint density at radius 1 is 1.16 bits per heavy atom.